The molecular weight excluding hydrogens is 208 g/mol. The van der Waals surface area contributed by atoms with E-state index >= 15 is 0 Å². The molecule has 0 aliphatic rings. The summed E-state index contributed by atoms with van der Waals surface area (Å²) in [5, 5.41) is 4.23. The monoisotopic (exact) mass is 228 g/mol. The van der Waals surface area contributed by atoms with Crippen LogP contribution in [-0.2, 0) is 0 Å². The van der Waals surface area contributed by atoms with Crippen molar-refractivity contribution in [2.45, 2.75) is 33.1 Å². The third-order valence-electron chi connectivity index (χ3n) is 3.33. The van der Waals surface area contributed by atoms with Crippen LogP contribution in [0.1, 0.15) is 38.7 Å². The number of nitrogens with zero attached hydrogens (tertiary/aromatic N) is 2. The highest BCUT2D eigenvalue weighted by atomic mass is 15.3. The van der Waals surface area contributed by atoms with Gasteiger partial charge < -0.3 is 0 Å². The van der Waals surface area contributed by atoms with Crippen LogP contribution in [0.2, 0.25) is 0 Å². The Labute approximate surface area is 103 Å². The highest BCUT2D eigenvalue weighted by molar-refractivity contribution is 5.35. The smallest absolute Gasteiger partial charge is 0.0645 e. The molecule has 1 unspecified atom stereocenters. The van der Waals surface area contributed by atoms with Crippen molar-refractivity contribution in [2.75, 3.05) is 0 Å². The van der Waals surface area contributed by atoms with E-state index in [9.17, 15) is 0 Å². The van der Waals surface area contributed by atoms with E-state index in [1.54, 1.807) is 6.20 Å². The lowest BCUT2D eigenvalue weighted by molar-refractivity contribution is 0.485. The van der Waals surface area contributed by atoms with E-state index in [1.165, 1.54) is 12.0 Å². The molecule has 0 spiro atoms. The van der Waals surface area contributed by atoms with Crippen LogP contribution in [0.15, 0.2) is 42.7 Å². The molecular formula is C15H20N2. The lowest BCUT2D eigenvalue weighted by Gasteiger charge is -2.19. The van der Waals surface area contributed by atoms with E-state index < -0.39 is 0 Å². The summed E-state index contributed by atoms with van der Waals surface area (Å²) >= 11 is 0. The van der Waals surface area contributed by atoms with Gasteiger partial charge in [0.15, 0.2) is 0 Å². The topological polar surface area (TPSA) is 17.8 Å². The molecule has 2 nitrogen and oxygen atoms in total. The van der Waals surface area contributed by atoms with Gasteiger partial charge in [-0.3, -0.25) is 0 Å². The van der Waals surface area contributed by atoms with Crippen molar-refractivity contribution in [3.63, 3.8) is 0 Å². The van der Waals surface area contributed by atoms with Crippen LogP contribution < -0.4 is 0 Å². The van der Waals surface area contributed by atoms with Crippen molar-refractivity contribution in [3.8, 4) is 5.69 Å². The van der Waals surface area contributed by atoms with Crippen molar-refractivity contribution in [1.82, 2.24) is 9.78 Å². The number of benzene rings is 1. The molecule has 0 saturated heterocycles. The van der Waals surface area contributed by atoms with Crippen LogP contribution in [0.3, 0.4) is 0 Å². The minimum Gasteiger partial charge on any atom is -0.241 e. The number of rotatable bonds is 4. The summed E-state index contributed by atoms with van der Waals surface area (Å²) in [4.78, 5) is 0. The molecule has 0 radical (unpaired) electrons. The van der Waals surface area contributed by atoms with Gasteiger partial charge in [-0.1, -0.05) is 32.9 Å². The normalized spacial score (nSPS) is 12.9. The van der Waals surface area contributed by atoms with Crippen molar-refractivity contribution in [1.29, 1.82) is 0 Å². The van der Waals surface area contributed by atoms with Crippen LogP contribution in [-0.4, -0.2) is 9.78 Å². The summed E-state index contributed by atoms with van der Waals surface area (Å²) in [5.41, 5.74) is 2.55. The summed E-state index contributed by atoms with van der Waals surface area (Å²) in [7, 11) is 0. The maximum Gasteiger partial charge on any atom is 0.0645 e. The van der Waals surface area contributed by atoms with Gasteiger partial charge in [0.25, 0.3) is 0 Å². The van der Waals surface area contributed by atoms with Gasteiger partial charge in [-0.15, -0.1) is 0 Å². The molecule has 0 fully saturated rings. The first-order valence-corrected chi connectivity index (χ1v) is 6.32. The Morgan fingerprint density at radius 2 is 1.88 bits per heavy atom. The Morgan fingerprint density at radius 1 is 1.18 bits per heavy atom. The molecule has 1 aromatic heterocycles. The number of aromatic nitrogens is 2. The second kappa shape index (κ2) is 5.17. The highest BCUT2D eigenvalue weighted by Gasteiger charge is 2.13. The average molecular weight is 228 g/mol. The molecule has 0 aliphatic carbocycles. The first-order valence-electron chi connectivity index (χ1n) is 6.32. The number of hydrogen-bond acceptors (Lipinski definition) is 1. The summed E-state index contributed by atoms with van der Waals surface area (Å²) in [6.45, 7) is 6.83. The lowest BCUT2D eigenvalue weighted by atomic mass is 9.86. The second-order valence-corrected chi connectivity index (χ2v) is 4.80. The second-order valence-electron chi connectivity index (χ2n) is 4.80. The standard InChI is InChI=1S/C15H20N2/c1-4-15(12(2)3)13-6-8-14(9-7-13)17-11-5-10-16-17/h5-12,15H,4H2,1-3H3. The van der Waals surface area contributed by atoms with Crippen molar-refractivity contribution in [2.24, 2.45) is 5.92 Å². The fourth-order valence-corrected chi connectivity index (χ4v) is 2.39. The molecule has 1 aromatic carbocycles. The van der Waals surface area contributed by atoms with E-state index in [0.29, 0.717) is 11.8 Å². The largest absolute Gasteiger partial charge is 0.241 e. The van der Waals surface area contributed by atoms with Gasteiger partial charge in [-0.2, -0.15) is 5.10 Å². The fraction of sp³-hybridized carbons (Fsp3) is 0.400. The Kier molecular flexibility index (Phi) is 3.62. The molecule has 2 aromatic rings. The summed E-state index contributed by atoms with van der Waals surface area (Å²) in [6.07, 6.45) is 4.96. The predicted octanol–water partition coefficient (Wildman–Crippen LogP) is 4.02. The zero-order valence-corrected chi connectivity index (χ0v) is 10.8. The number of hydrogen-bond donors (Lipinski definition) is 0. The summed E-state index contributed by atoms with van der Waals surface area (Å²) in [6, 6.07) is 10.7. The van der Waals surface area contributed by atoms with Gasteiger partial charge in [0.1, 0.15) is 0 Å². The van der Waals surface area contributed by atoms with Crippen molar-refractivity contribution >= 4 is 0 Å². The van der Waals surface area contributed by atoms with E-state index in [1.807, 2.05) is 16.9 Å². The quantitative estimate of drug-likeness (QED) is 0.772. The minimum absolute atomic E-state index is 0.654. The maximum absolute atomic E-state index is 4.23. The van der Waals surface area contributed by atoms with Gasteiger partial charge in [0, 0.05) is 12.4 Å². The molecule has 0 bridgehead atoms. The van der Waals surface area contributed by atoms with Gasteiger partial charge in [-0.05, 0) is 42.0 Å². The zero-order chi connectivity index (χ0) is 12.3. The van der Waals surface area contributed by atoms with Crippen LogP contribution >= 0.6 is 0 Å². The molecule has 0 N–H and O–H groups in total. The summed E-state index contributed by atoms with van der Waals surface area (Å²) in [5.74, 6) is 1.34. The molecule has 2 heteroatoms. The van der Waals surface area contributed by atoms with Crippen LogP contribution in [0.5, 0.6) is 0 Å². The molecule has 17 heavy (non-hydrogen) atoms. The van der Waals surface area contributed by atoms with Gasteiger partial charge in [-0.25, -0.2) is 4.68 Å². The van der Waals surface area contributed by atoms with E-state index in [4.69, 9.17) is 0 Å². The lowest BCUT2D eigenvalue weighted by Crippen LogP contribution is -2.05. The Morgan fingerprint density at radius 3 is 2.35 bits per heavy atom. The zero-order valence-electron chi connectivity index (χ0n) is 10.8. The van der Waals surface area contributed by atoms with Gasteiger partial charge in [0.2, 0.25) is 0 Å². The van der Waals surface area contributed by atoms with Crippen LogP contribution in [0.25, 0.3) is 5.69 Å². The molecule has 1 atom stereocenters. The molecule has 0 aliphatic heterocycles. The third-order valence-corrected chi connectivity index (χ3v) is 3.33. The Hall–Kier alpha value is -1.57. The molecule has 0 amide bonds. The molecule has 90 valence electrons. The SMILES string of the molecule is CCC(c1ccc(-n2cccn2)cc1)C(C)C. The molecule has 0 saturated carbocycles. The molecule has 2 rings (SSSR count). The predicted molar refractivity (Wildman–Crippen MR) is 71.4 cm³/mol. The minimum atomic E-state index is 0.654. The highest BCUT2D eigenvalue weighted by Crippen LogP contribution is 2.27. The van der Waals surface area contributed by atoms with Crippen molar-refractivity contribution < 1.29 is 0 Å². The third kappa shape index (κ3) is 2.57. The molecule has 1 heterocycles. The first-order chi connectivity index (χ1) is 8.22. The van der Waals surface area contributed by atoms with Crippen molar-refractivity contribution in [3.05, 3.63) is 48.3 Å². The fourth-order valence-electron chi connectivity index (χ4n) is 2.39. The first kappa shape index (κ1) is 11.9. The summed E-state index contributed by atoms with van der Waals surface area (Å²) < 4.78 is 1.89. The van der Waals surface area contributed by atoms with E-state index in [-0.39, 0.29) is 0 Å². The Balaban J connectivity index is 2.23. The van der Waals surface area contributed by atoms with E-state index in [0.717, 1.165) is 5.69 Å². The maximum atomic E-state index is 4.23. The Bertz CT molecular complexity index is 440. The van der Waals surface area contributed by atoms with E-state index in [2.05, 4.69) is 50.1 Å². The van der Waals surface area contributed by atoms with Crippen LogP contribution in [0.4, 0.5) is 0 Å². The van der Waals surface area contributed by atoms with Gasteiger partial charge >= 0.3 is 0 Å². The van der Waals surface area contributed by atoms with Crippen LogP contribution in [0, 0.1) is 5.92 Å². The average Bonchev–Trinajstić information content (AvgIpc) is 2.84. The van der Waals surface area contributed by atoms with Gasteiger partial charge in [0.05, 0.1) is 5.69 Å².